The summed E-state index contributed by atoms with van der Waals surface area (Å²) in [5.74, 6) is 0.592. The monoisotopic (exact) mass is 249 g/mol. The van der Waals surface area contributed by atoms with E-state index in [2.05, 4.69) is 62.7 Å². The van der Waals surface area contributed by atoms with Crippen LogP contribution in [0.25, 0.3) is 6.08 Å². The first-order valence-corrected chi connectivity index (χ1v) is 7.45. The fourth-order valence-electron chi connectivity index (χ4n) is 1.61. The van der Waals surface area contributed by atoms with Gasteiger partial charge >= 0.3 is 0 Å². The maximum atomic E-state index is 3.40. The van der Waals surface area contributed by atoms with Crippen molar-refractivity contribution in [3.8, 4) is 0 Å². The average molecular weight is 249 g/mol. The zero-order valence-electron chi connectivity index (χ0n) is 11.3. The molecule has 0 bridgehead atoms. The predicted octanol–water partition coefficient (Wildman–Crippen LogP) is 4.06. The van der Waals surface area contributed by atoms with E-state index in [1.807, 2.05) is 0 Å². The topological polar surface area (TPSA) is 12.0 Å². The zero-order valence-corrected chi connectivity index (χ0v) is 12.1. The van der Waals surface area contributed by atoms with Crippen LogP contribution in [0, 0.1) is 5.92 Å². The number of likely N-dealkylation sites (N-methyl/N-ethyl adjacent to an activating group) is 1. The summed E-state index contributed by atoms with van der Waals surface area (Å²) in [6.07, 6.45) is 4.41. The van der Waals surface area contributed by atoms with Crippen molar-refractivity contribution in [2.24, 2.45) is 5.92 Å². The lowest BCUT2D eigenvalue weighted by atomic mass is 10.0. The summed E-state index contributed by atoms with van der Waals surface area (Å²) in [6.45, 7) is 8.65. The van der Waals surface area contributed by atoms with Crippen molar-refractivity contribution in [3.05, 3.63) is 35.4 Å². The van der Waals surface area contributed by atoms with Crippen LogP contribution in [-0.2, 0) is 0 Å². The molecule has 1 aromatic carbocycles. The first-order valence-electron chi connectivity index (χ1n) is 6.22. The second-order valence-corrected chi connectivity index (χ2v) is 5.31. The molecule has 0 aliphatic heterocycles. The molecule has 17 heavy (non-hydrogen) atoms. The Bertz CT molecular complexity index is 352. The molecule has 0 aliphatic carbocycles. The summed E-state index contributed by atoms with van der Waals surface area (Å²) in [5.41, 5.74) is 2.76. The van der Waals surface area contributed by atoms with E-state index in [1.165, 1.54) is 16.0 Å². The van der Waals surface area contributed by atoms with Gasteiger partial charge in [0, 0.05) is 11.4 Å². The van der Waals surface area contributed by atoms with Gasteiger partial charge in [-0.15, -0.1) is 11.8 Å². The third-order valence-electron chi connectivity index (χ3n) is 2.79. The van der Waals surface area contributed by atoms with Crippen molar-refractivity contribution >= 4 is 17.8 Å². The summed E-state index contributed by atoms with van der Waals surface area (Å²) in [4.78, 5) is 1.32. The molecule has 0 heterocycles. The average Bonchev–Trinajstić information content (AvgIpc) is 2.35. The molecule has 1 rings (SSSR count). The summed E-state index contributed by atoms with van der Waals surface area (Å²) in [6, 6.07) is 8.75. The van der Waals surface area contributed by atoms with Crippen LogP contribution in [0.5, 0.6) is 0 Å². The molecular formula is C15H23NS. The molecule has 0 aromatic heterocycles. The van der Waals surface area contributed by atoms with Gasteiger partial charge in [0.2, 0.25) is 0 Å². The van der Waals surface area contributed by atoms with E-state index in [1.54, 1.807) is 11.8 Å². The van der Waals surface area contributed by atoms with Gasteiger partial charge < -0.3 is 5.32 Å². The minimum absolute atomic E-state index is 0.592. The van der Waals surface area contributed by atoms with Crippen molar-refractivity contribution in [1.29, 1.82) is 0 Å². The minimum atomic E-state index is 0.592. The minimum Gasteiger partial charge on any atom is -0.313 e. The van der Waals surface area contributed by atoms with Crippen molar-refractivity contribution in [3.63, 3.8) is 0 Å². The molecule has 94 valence electrons. The van der Waals surface area contributed by atoms with Crippen molar-refractivity contribution in [1.82, 2.24) is 5.32 Å². The lowest BCUT2D eigenvalue weighted by Gasteiger charge is -2.12. The Balaban J connectivity index is 2.80. The molecule has 0 fully saturated rings. The SMILES string of the molecule is CCNCC(=Cc1ccc(SC)cc1)C(C)C. The molecule has 1 nitrogen and oxygen atoms in total. The van der Waals surface area contributed by atoms with Gasteiger partial charge in [-0.25, -0.2) is 0 Å². The van der Waals surface area contributed by atoms with Gasteiger partial charge in [0.05, 0.1) is 0 Å². The van der Waals surface area contributed by atoms with Crippen LogP contribution in [0.4, 0.5) is 0 Å². The number of thioether (sulfide) groups is 1. The van der Waals surface area contributed by atoms with E-state index in [0.717, 1.165) is 13.1 Å². The number of nitrogens with one attached hydrogen (secondary N) is 1. The van der Waals surface area contributed by atoms with Crippen LogP contribution in [-0.4, -0.2) is 19.3 Å². The predicted molar refractivity (Wildman–Crippen MR) is 79.6 cm³/mol. The van der Waals surface area contributed by atoms with E-state index in [4.69, 9.17) is 0 Å². The van der Waals surface area contributed by atoms with Gasteiger partial charge in [0.1, 0.15) is 0 Å². The number of hydrogen-bond acceptors (Lipinski definition) is 2. The number of rotatable bonds is 6. The molecule has 2 heteroatoms. The zero-order chi connectivity index (χ0) is 12.7. The highest BCUT2D eigenvalue weighted by Crippen LogP contribution is 2.18. The Hall–Kier alpha value is -0.730. The highest BCUT2D eigenvalue weighted by molar-refractivity contribution is 7.98. The molecule has 0 aliphatic rings. The second kappa shape index (κ2) is 7.57. The molecule has 1 N–H and O–H groups in total. The molecule has 0 saturated heterocycles. The van der Waals surface area contributed by atoms with Crippen LogP contribution in [0.2, 0.25) is 0 Å². The van der Waals surface area contributed by atoms with Gasteiger partial charge in [0.15, 0.2) is 0 Å². The van der Waals surface area contributed by atoms with Crippen molar-refractivity contribution < 1.29 is 0 Å². The second-order valence-electron chi connectivity index (χ2n) is 4.43. The summed E-state index contributed by atoms with van der Waals surface area (Å²) in [7, 11) is 0. The molecule has 0 saturated carbocycles. The van der Waals surface area contributed by atoms with Gasteiger partial charge in [-0.1, -0.05) is 44.6 Å². The van der Waals surface area contributed by atoms with E-state index < -0.39 is 0 Å². The first-order chi connectivity index (χ1) is 8.17. The van der Waals surface area contributed by atoms with E-state index >= 15 is 0 Å². The lowest BCUT2D eigenvalue weighted by molar-refractivity contribution is 0.682. The normalized spacial score (nSPS) is 12.2. The molecule has 1 aromatic rings. The molecule has 0 unspecified atom stereocenters. The summed E-state index contributed by atoms with van der Waals surface area (Å²) >= 11 is 1.78. The van der Waals surface area contributed by atoms with Crippen LogP contribution in [0.15, 0.2) is 34.7 Å². The lowest BCUT2D eigenvalue weighted by Crippen LogP contribution is -2.18. The maximum Gasteiger partial charge on any atom is 0.0170 e. The van der Waals surface area contributed by atoms with Crippen LogP contribution in [0.3, 0.4) is 0 Å². The van der Waals surface area contributed by atoms with Crippen LogP contribution in [0.1, 0.15) is 26.3 Å². The molecular weight excluding hydrogens is 226 g/mol. The highest BCUT2D eigenvalue weighted by Gasteiger charge is 2.02. The van der Waals surface area contributed by atoms with Crippen LogP contribution >= 0.6 is 11.8 Å². The fraction of sp³-hybridized carbons (Fsp3) is 0.467. The Morgan fingerprint density at radius 1 is 1.29 bits per heavy atom. The largest absolute Gasteiger partial charge is 0.313 e. The van der Waals surface area contributed by atoms with E-state index in [9.17, 15) is 0 Å². The third kappa shape index (κ3) is 4.97. The molecule has 0 radical (unpaired) electrons. The third-order valence-corrected chi connectivity index (χ3v) is 3.53. The summed E-state index contributed by atoms with van der Waals surface area (Å²) < 4.78 is 0. The molecule has 0 amide bonds. The number of benzene rings is 1. The standard InChI is InChI=1S/C15H23NS/c1-5-16-11-14(12(2)3)10-13-6-8-15(17-4)9-7-13/h6-10,12,16H,5,11H2,1-4H3. The van der Waals surface area contributed by atoms with Gasteiger partial charge in [-0.05, 0) is 36.4 Å². The smallest absolute Gasteiger partial charge is 0.0170 e. The Labute approximate surface area is 110 Å². The quantitative estimate of drug-likeness (QED) is 0.763. The Morgan fingerprint density at radius 2 is 1.94 bits per heavy atom. The maximum absolute atomic E-state index is 3.40. The fourth-order valence-corrected chi connectivity index (χ4v) is 2.01. The molecule has 0 atom stereocenters. The van der Waals surface area contributed by atoms with Gasteiger partial charge in [-0.2, -0.15) is 0 Å². The highest BCUT2D eigenvalue weighted by atomic mass is 32.2. The van der Waals surface area contributed by atoms with E-state index in [-0.39, 0.29) is 0 Å². The van der Waals surface area contributed by atoms with E-state index in [0.29, 0.717) is 5.92 Å². The number of hydrogen-bond donors (Lipinski definition) is 1. The van der Waals surface area contributed by atoms with Crippen molar-refractivity contribution in [2.45, 2.75) is 25.7 Å². The van der Waals surface area contributed by atoms with Crippen molar-refractivity contribution in [2.75, 3.05) is 19.3 Å². The van der Waals surface area contributed by atoms with Gasteiger partial charge in [-0.3, -0.25) is 0 Å². The van der Waals surface area contributed by atoms with Gasteiger partial charge in [0.25, 0.3) is 0 Å². The Kier molecular flexibility index (Phi) is 6.38. The Morgan fingerprint density at radius 3 is 2.41 bits per heavy atom. The van der Waals surface area contributed by atoms with Crippen LogP contribution < -0.4 is 5.32 Å². The first kappa shape index (κ1) is 14.3. The molecule has 0 spiro atoms. The summed E-state index contributed by atoms with van der Waals surface area (Å²) in [5, 5.41) is 3.40.